The normalized spacial score (nSPS) is 12.7. The van der Waals surface area contributed by atoms with Crippen LogP contribution in [-0.2, 0) is 0 Å². The number of rotatable bonds is 3. The van der Waals surface area contributed by atoms with Gasteiger partial charge in [-0.25, -0.2) is 0 Å². The zero-order valence-corrected chi connectivity index (χ0v) is 13.5. The summed E-state index contributed by atoms with van der Waals surface area (Å²) in [5.41, 5.74) is 2.43. The fourth-order valence-electron chi connectivity index (χ4n) is 2.40. The molecule has 0 saturated heterocycles. The van der Waals surface area contributed by atoms with E-state index in [4.69, 9.17) is 9.47 Å². The maximum Gasteiger partial charge on any atom is 0.297 e. The number of ether oxygens (including phenoxy) is 2. The van der Waals surface area contributed by atoms with Gasteiger partial charge in [-0.15, -0.1) is 15.0 Å². The van der Waals surface area contributed by atoms with Crippen molar-refractivity contribution >= 4 is 11.6 Å². The Labute approximate surface area is 143 Å². The number of hydrogen-bond donors (Lipinski definition) is 1. The molecule has 1 aliphatic heterocycles. The first kappa shape index (κ1) is 15.1. The fraction of sp³-hybridized carbons (Fsp3) is 0.176. The van der Waals surface area contributed by atoms with Crippen molar-refractivity contribution in [3.05, 3.63) is 53.9 Å². The zero-order chi connectivity index (χ0) is 17.2. The molecule has 1 aliphatic rings. The monoisotopic (exact) mass is 337 g/mol. The van der Waals surface area contributed by atoms with Gasteiger partial charge < -0.3 is 14.8 Å². The Hall–Kier alpha value is -3.42. The first-order valence-corrected chi connectivity index (χ1v) is 7.77. The maximum atomic E-state index is 12.3. The van der Waals surface area contributed by atoms with Crippen LogP contribution in [0.25, 0.3) is 5.69 Å². The van der Waals surface area contributed by atoms with E-state index in [1.165, 1.54) is 4.80 Å². The van der Waals surface area contributed by atoms with Crippen LogP contribution in [0.5, 0.6) is 11.5 Å². The van der Waals surface area contributed by atoms with Crippen molar-refractivity contribution in [2.24, 2.45) is 0 Å². The highest BCUT2D eigenvalue weighted by atomic mass is 16.6. The average molecular weight is 337 g/mol. The Balaban J connectivity index is 1.51. The van der Waals surface area contributed by atoms with Gasteiger partial charge in [-0.1, -0.05) is 17.7 Å². The number of nitrogens with one attached hydrogen (secondary N) is 1. The summed E-state index contributed by atoms with van der Waals surface area (Å²) in [6.45, 7) is 2.99. The molecule has 0 fully saturated rings. The molecule has 1 amide bonds. The molecule has 3 aromatic rings. The molecule has 2 heterocycles. The Morgan fingerprint density at radius 2 is 1.84 bits per heavy atom. The number of amides is 1. The lowest BCUT2D eigenvalue weighted by Gasteiger charge is -2.18. The molecule has 0 spiro atoms. The number of nitrogens with zero attached hydrogens (tertiary/aromatic N) is 4. The van der Waals surface area contributed by atoms with E-state index in [-0.39, 0.29) is 5.82 Å². The highest BCUT2D eigenvalue weighted by Gasteiger charge is 2.16. The summed E-state index contributed by atoms with van der Waals surface area (Å²) in [4.78, 5) is 13.6. The summed E-state index contributed by atoms with van der Waals surface area (Å²) < 4.78 is 11.0. The van der Waals surface area contributed by atoms with Crippen molar-refractivity contribution in [3.63, 3.8) is 0 Å². The molecule has 0 radical (unpaired) electrons. The predicted molar refractivity (Wildman–Crippen MR) is 89.3 cm³/mol. The molecule has 8 nitrogen and oxygen atoms in total. The van der Waals surface area contributed by atoms with Gasteiger partial charge >= 0.3 is 0 Å². The highest BCUT2D eigenvalue weighted by molar-refractivity contribution is 6.01. The van der Waals surface area contributed by atoms with E-state index < -0.39 is 5.91 Å². The molecule has 8 heteroatoms. The third-order valence-electron chi connectivity index (χ3n) is 3.68. The van der Waals surface area contributed by atoms with Gasteiger partial charge in [-0.2, -0.15) is 0 Å². The minimum atomic E-state index is -0.449. The lowest BCUT2D eigenvalue weighted by atomic mass is 10.2. The molecular formula is C17H15N5O3. The van der Waals surface area contributed by atoms with Gasteiger partial charge in [-0.05, 0) is 36.4 Å². The summed E-state index contributed by atoms with van der Waals surface area (Å²) >= 11 is 0. The number of aromatic nitrogens is 4. The smallest absolute Gasteiger partial charge is 0.297 e. The van der Waals surface area contributed by atoms with Crippen molar-refractivity contribution in [3.8, 4) is 17.2 Å². The molecule has 0 atom stereocenters. The first-order valence-electron chi connectivity index (χ1n) is 7.77. The minimum Gasteiger partial charge on any atom is -0.486 e. The van der Waals surface area contributed by atoms with E-state index in [2.05, 4.69) is 20.7 Å². The van der Waals surface area contributed by atoms with E-state index in [1.807, 2.05) is 31.2 Å². The van der Waals surface area contributed by atoms with Crippen molar-refractivity contribution in [1.29, 1.82) is 0 Å². The van der Waals surface area contributed by atoms with Gasteiger partial charge in [0.2, 0.25) is 0 Å². The topological polar surface area (TPSA) is 91.2 Å². The van der Waals surface area contributed by atoms with Crippen LogP contribution in [0.1, 0.15) is 16.2 Å². The Morgan fingerprint density at radius 1 is 1.08 bits per heavy atom. The van der Waals surface area contributed by atoms with Gasteiger partial charge in [0, 0.05) is 11.8 Å². The maximum absolute atomic E-state index is 12.3. The number of carbonyl (C=O) groups excluding carboxylic acids is 1. The van der Waals surface area contributed by atoms with E-state index >= 15 is 0 Å². The summed E-state index contributed by atoms with van der Waals surface area (Å²) in [7, 11) is 0. The second kappa shape index (κ2) is 6.23. The van der Waals surface area contributed by atoms with Crippen LogP contribution in [0, 0.1) is 6.92 Å². The summed E-state index contributed by atoms with van der Waals surface area (Å²) in [6, 6.07) is 12.8. The molecule has 1 aromatic heterocycles. The molecule has 0 saturated carbocycles. The highest BCUT2D eigenvalue weighted by Crippen LogP contribution is 2.32. The quantitative estimate of drug-likeness (QED) is 0.786. The minimum absolute atomic E-state index is 0.0181. The van der Waals surface area contributed by atoms with E-state index in [0.717, 1.165) is 11.3 Å². The largest absolute Gasteiger partial charge is 0.486 e. The third-order valence-corrected chi connectivity index (χ3v) is 3.68. The van der Waals surface area contributed by atoms with E-state index in [9.17, 15) is 4.79 Å². The van der Waals surface area contributed by atoms with Crippen LogP contribution >= 0.6 is 0 Å². The van der Waals surface area contributed by atoms with Crippen molar-refractivity contribution in [1.82, 2.24) is 20.2 Å². The molecule has 0 bridgehead atoms. The Morgan fingerprint density at radius 3 is 2.64 bits per heavy atom. The molecule has 25 heavy (non-hydrogen) atoms. The number of hydrogen-bond acceptors (Lipinski definition) is 6. The van der Waals surface area contributed by atoms with Crippen LogP contribution in [0.4, 0.5) is 5.69 Å². The number of aryl methyl sites for hydroxylation is 1. The standard InChI is InChI=1S/C17H15N5O3/c1-11-2-5-13(6-3-11)22-20-16(19-21-22)17(23)18-12-4-7-14-15(10-12)25-9-8-24-14/h2-7,10H,8-9H2,1H3,(H,18,23). The lowest BCUT2D eigenvalue weighted by molar-refractivity contribution is 0.101. The molecule has 4 rings (SSSR count). The predicted octanol–water partition coefficient (Wildman–Crippen LogP) is 1.99. The van der Waals surface area contributed by atoms with Gasteiger partial charge in [0.1, 0.15) is 13.2 Å². The summed E-state index contributed by atoms with van der Waals surface area (Å²) in [5.74, 6) is 0.790. The Bertz CT molecular complexity index is 920. The van der Waals surface area contributed by atoms with Gasteiger partial charge in [0.15, 0.2) is 11.5 Å². The molecular weight excluding hydrogens is 322 g/mol. The van der Waals surface area contributed by atoms with Crippen molar-refractivity contribution in [2.45, 2.75) is 6.92 Å². The number of anilines is 1. The van der Waals surface area contributed by atoms with Crippen LogP contribution in [0.2, 0.25) is 0 Å². The second-order valence-electron chi connectivity index (χ2n) is 5.55. The van der Waals surface area contributed by atoms with E-state index in [1.54, 1.807) is 18.2 Å². The first-order chi connectivity index (χ1) is 12.2. The molecule has 1 N–H and O–H groups in total. The molecule has 126 valence electrons. The molecule has 2 aromatic carbocycles. The third kappa shape index (κ3) is 3.14. The SMILES string of the molecule is Cc1ccc(-n2nnc(C(=O)Nc3ccc4c(c3)OCCO4)n2)cc1. The summed E-state index contributed by atoms with van der Waals surface area (Å²) in [6.07, 6.45) is 0. The number of fused-ring (bicyclic) bond motifs is 1. The summed E-state index contributed by atoms with van der Waals surface area (Å²) in [5, 5.41) is 14.6. The van der Waals surface area contributed by atoms with Gasteiger partial charge in [0.05, 0.1) is 5.69 Å². The number of benzene rings is 2. The number of carbonyl (C=O) groups is 1. The van der Waals surface area contributed by atoms with Crippen LogP contribution < -0.4 is 14.8 Å². The number of tetrazole rings is 1. The average Bonchev–Trinajstić information content (AvgIpc) is 3.12. The second-order valence-corrected chi connectivity index (χ2v) is 5.55. The van der Waals surface area contributed by atoms with Gasteiger partial charge in [0.25, 0.3) is 11.7 Å². The lowest BCUT2D eigenvalue weighted by Crippen LogP contribution is -2.17. The molecule has 0 unspecified atom stereocenters. The zero-order valence-electron chi connectivity index (χ0n) is 13.5. The van der Waals surface area contributed by atoms with Crippen LogP contribution in [0.3, 0.4) is 0 Å². The van der Waals surface area contributed by atoms with Crippen LogP contribution in [0.15, 0.2) is 42.5 Å². The molecule has 0 aliphatic carbocycles. The van der Waals surface area contributed by atoms with Crippen molar-refractivity contribution < 1.29 is 14.3 Å². The van der Waals surface area contributed by atoms with E-state index in [0.29, 0.717) is 30.4 Å². The van der Waals surface area contributed by atoms with Crippen LogP contribution in [-0.4, -0.2) is 39.3 Å². The Kier molecular flexibility index (Phi) is 3.77. The van der Waals surface area contributed by atoms with Gasteiger partial charge in [-0.3, -0.25) is 4.79 Å². The fourth-order valence-corrected chi connectivity index (χ4v) is 2.40. The van der Waals surface area contributed by atoms with Crippen molar-refractivity contribution in [2.75, 3.05) is 18.5 Å².